The minimum absolute atomic E-state index is 0.188. The molecular weight excluding hydrogens is 194 g/mol. The van der Waals surface area contributed by atoms with E-state index >= 15 is 0 Å². The molecule has 0 saturated carbocycles. The van der Waals surface area contributed by atoms with Gasteiger partial charge in [0.2, 0.25) is 0 Å². The van der Waals surface area contributed by atoms with E-state index in [0.717, 1.165) is 18.0 Å². The number of benzene rings is 1. The van der Waals surface area contributed by atoms with Gasteiger partial charge in [-0.25, -0.2) is 0 Å². The van der Waals surface area contributed by atoms with Crippen LogP contribution in [0.4, 0.5) is 0 Å². The van der Waals surface area contributed by atoms with E-state index in [1.807, 2.05) is 19.2 Å². The second-order valence-corrected chi connectivity index (χ2v) is 4.68. The van der Waals surface area contributed by atoms with Crippen molar-refractivity contribution in [1.29, 1.82) is 0 Å². The first-order valence-electron chi connectivity index (χ1n) is 4.97. The van der Waals surface area contributed by atoms with Gasteiger partial charge in [0.15, 0.2) is 0 Å². The van der Waals surface area contributed by atoms with E-state index in [0.29, 0.717) is 0 Å². The molecule has 0 fully saturated rings. The fourth-order valence-corrected chi connectivity index (χ4v) is 1.68. The molecule has 1 aromatic carbocycles. The lowest BCUT2D eigenvalue weighted by Gasteiger charge is -2.25. The molecule has 0 atom stereocenters. The molecule has 0 radical (unpaired) electrons. The Morgan fingerprint density at radius 1 is 1.36 bits per heavy atom. The summed E-state index contributed by atoms with van der Waals surface area (Å²) in [5.74, 6) is 0. The van der Waals surface area contributed by atoms with Crippen molar-refractivity contribution in [3.05, 3.63) is 34.9 Å². The molecule has 0 saturated heterocycles. The summed E-state index contributed by atoms with van der Waals surface area (Å²) >= 11 is 5.97. The molecule has 0 aromatic heterocycles. The summed E-state index contributed by atoms with van der Waals surface area (Å²) in [6.45, 7) is 5.52. The summed E-state index contributed by atoms with van der Waals surface area (Å²) in [5.41, 5.74) is 1.49. The van der Waals surface area contributed by atoms with Crippen LogP contribution in [0, 0.1) is 0 Å². The summed E-state index contributed by atoms with van der Waals surface area (Å²) in [7, 11) is 1.98. The Hall–Kier alpha value is -0.530. The van der Waals surface area contributed by atoms with Gasteiger partial charge in [-0.3, -0.25) is 0 Å². The Morgan fingerprint density at radius 3 is 2.64 bits per heavy atom. The van der Waals surface area contributed by atoms with Gasteiger partial charge in [-0.15, -0.1) is 0 Å². The van der Waals surface area contributed by atoms with Crippen LogP contribution >= 0.6 is 11.6 Å². The fraction of sp³-hybridized carbons (Fsp3) is 0.500. The third-order valence-corrected chi connectivity index (χ3v) is 2.84. The normalized spacial score (nSPS) is 11.7. The molecule has 0 heterocycles. The molecular formula is C12H18ClN. The zero-order valence-electron chi connectivity index (χ0n) is 9.10. The number of hydrogen-bond acceptors (Lipinski definition) is 1. The van der Waals surface area contributed by atoms with Crippen molar-refractivity contribution < 1.29 is 0 Å². The number of nitrogens with one attached hydrogen (secondary N) is 1. The van der Waals surface area contributed by atoms with Crippen molar-refractivity contribution in [1.82, 2.24) is 5.32 Å². The van der Waals surface area contributed by atoms with Gasteiger partial charge in [0.25, 0.3) is 0 Å². The average Bonchev–Trinajstić information content (AvgIpc) is 2.15. The molecule has 2 heteroatoms. The second-order valence-electron chi connectivity index (χ2n) is 4.25. The Balaban J connectivity index is 2.80. The highest BCUT2D eigenvalue weighted by atomic mass is 35.5. The Labute approximate surface area is 91.5 Å². The maximum Gasteiger partial charge on any atom is 0.0408 e. The van der Waals surface area contributed by atoms with E-state index in [1.54, 1.807) is 0 Å². The average molecular weight is 212 g/mol. The first-order chi connectivity index (χ1) is 6.56. The lowest BCUT2D eigenvalue weighted by Crippen LogP contribution is -2.23. The van der Waals surface area contributed by atoms with E-state index in [1.165, 1.54) is 5.56 Å². The highest BCUT2D eigenvalue weighted by molar-refractivity contribution is 6.30. The van der Waals surface area contributed by atoms with Gasteiger partial charge in [-0.05, 0) is 43.1 Å². The molecule has 0 aliphatic carbocycles. The molecule has 0 aliphatic heterocycles. The first kappa shape index (κ1) is 11.5. The van der Waals surface area contributed by atoms with Gasteiger partial charge >= 0.3 is 0 Å². The molecule has 78 valence electrons. The van der Waals surface area contributed by atoms with Crippen LogP contribution in [0.25, 0.3) is 0 Å². The number of halogens is 1. The zero-order chi connectivity index (χ0) is 10.6. The van der Waals surface area contributed by atoms with Gasteiger partial charge < -0.3 is 5.32 Å². The molecule has 1 N–H and O–H groups in total. The minimum Gasteiger partial charge on any atom is -0.320 e. The van der Waals surface area contributed by atoms with Crippen molar-refractivity contribution in [2.45, 2.75) is 25.7 Å². The monoisotopic (exact) mass is 211 g/mol. The predicted octanol–water partition coefficient (Wildman–Crippen LogP) is 3.23. The highest BCUT2D eigenvalue weighted by Crippen LogP contribution is 2.28. The SMILES string of the molecule is CNCCC(C)(C)c1cccc(Cl)c1. The summed E-state index contributed by atoms with van der Waals surface area (Å²) in [4.78, 5) is 0. The number of hydrogen-bond donors (Lipinski definition) is 1. The highest BCUT2D eigenvalue weighted by Gasteiger charge is 2.19. The van der Waals surface area contributed by atoms with Gasteiger partial charge in [0, 0.05) is 5.02 Å². The third kappa shape index (κ3) is 3.00. The summed E-state index contributed by atoms with van der Waals surface area (Å²) in [6.07, 6.45) is 1.11. The topological polar surface area (TPSA) is 12.0 Å². The Bertz CT molecular complexity index is 294. The minimum atomic E-state index is 0.188. The van der Waals surface area contributed by atoms with Crippen LogP contribution in [0.2, 0.25) is 5.02 Å². The van der Waals surface area contributed by atoms with Crippen LogP contribution in [0.1, 0.15) is 25.8 Å². The van der Waals surface area contributed by atoms with Crippen molar-refractivity contribution in [2.24, 2.45) is 0 Å². The fourth-order valence-electron chi connectivity index (χ4n) is 1.49. The van der Waals surface area contributed by atoms with Crippen molar-refractivity contribution in [2.75, 3.05) is 13.6 Å². The van der Waals surface area contributed by atoms with E-state index in [-0.39, 0.29) is 5.41 Å². The van der Waals surface area contributed by atoms with E-state index < -0.39 is 0 Å². The van der Waals surface area contributed by atoms with E-state index in [4.69, 9.17) is 11.6 Å². The lowest BCUT2D eigenvalue weighted by atomic mass is 9.81. The van der Waals surface area contributed by atoms with Crippen molar-refractivity contribution in [3.8, 4) is 0 Å². The summed E-state index contributed by atoms with van der Waals surface area (Å²) in [6, 6.07) is 8.12. The van der Waals surface area contributed by atoms with Gasteiger partial charge in [0.1, 0.15) is 0 Å². The lowest BCUT2D eigenvalue weighted by molar-refractivity contribution is 0.469. The maximum atomic E-state index is 5.97. The largest absolute Gasteiger partial charge is 0.320 e. The van der Waals surface area contributed by atoms with Crippen LogP contribution < -0.4 is 5.32 Å². The van der Waals surface area contributed by atoms with Crippen LogP contribution in [0.5, 0.6) is 0 Å². The van der Waals surface area contributed by atoms with Gasteiger partial charge in [0.05, 0.1) is 0 Å². The molecule has 0 bridgehead atoms. The first-order valence-corrected chi connectivity index (χ1v) is 5.35. The van der Waals surface area contributed by atoms with Crippen molar-refractivity contribution in [3.63, 3.8) is 0 Å². The van der Waals surface area contributed by atoms with Gasteiger partial charge in [-0.2, -0.15) is 0 Å². The molecule has 0 unspecified atom stereocenters. The molecule has 14 heavy (non-hydrogen) atoms. The number of rotatable bonds is 4. The quantitative estimate of drug-likeness (QED) is 0.807. The molecule has 0 spiro atoms. The standard InChI is InChI=1S/C12H18ClN/c1-12(2,7-8-14-3)10-5-4-6-11(13)9-10/h4-6,9,14H,7-8H2,1-3H3. The second kappa shape index (κ2) is 4.81. The van der Waals surface area contributed by atoms with Crippen LogP contribution in [-0.2, 0) is 5.41 Å². The van der Waals surface area contributed by atoms with Crippen molar-refractivity contribution >= 4 is 11.6 Å². The molecule has 1 rings (SSSR count). The van der Waals surface area contributed by atoms with Crippen LogP contribution in [0.3, 0.4) is 0 Å². The predicted molar refractivity (Wildman–Crippen MR) is 63.0 cm³/mol. The Kier molecular flexibility index (Phi) is 3.97. The van der Waals surface area contributed by atoms with Gasteiger partial charge in [-0.1, -0.05) is 37.6 Å². The molecule has 1 aromatic rings. The summed E-state index contributed by atoms with van der Waals surface area (Å²) < 4.78 is 0. The third-order valence-electron chi connectivity index (χ3n) is 2.61. The Morgan fingerprint density at radius 2 is 2.07 bits per heavy atom. The molecule has 0 amide bonds. The van der Waals surface area contributed by atoms with E-state index in [9.17, 15) is 0 Å². The smallest absolute Gasteiger partial charge is 0.0408 e. The molecule has 1 nitrogen and oxygen atoms in total. The van der Waals surface area contributed by atoms with Crippen LogP contribution in [-0.4, -0.2) is 13.6 Å². The summed E-state index contributed by atoms with van der Waals surface area (Å²) in [5, 5.41) is 3.99. The van der Waals surface area contributed by atoms with E-state index in [2.05, 4.69) is 31.3 Å². The maximum absolute atomic E-state index is 5.97. The zero-order valence-corrected chi connectivity index (χ0v) is 9.86. The van der Waals surface area contributed by atoms with Crippen LogP contribution in [0.15, 0.2) is 24.3 Å². The molecule has 0 aliphatic rings.